The standard InChI is InChI=1S/C22H26BrN7OS/c1-11(2)20-24-8-13-9-30(10-15(13)26-20)22-27-18-17(23)12(3)32-19(18)21(28-22)25-14-5-6-29(4)16(31)7-14/h8,11,14H,5-7,9-10H2,1-4H3,(H,25,27,28). The Bertz CT molecular complexity index is 1210. The highest BCUT2D eigenvalue weighted by atomic mass is 79.9. The normalized spacial score (nSPS) is 18.7. The fraction of sp³-hybridized carbons (Fsp3) is 0.500. The topological polar surface area (TPSA) is 87.1 Å². The van der Waals surface area contributed by atoms with Crippen LogP contribution < -0.4 is 10.2 Å². The number of halogens is 1. The molecular weight excluding hydrogens is 490 g/mol. The number of nitrogens with one attached hydrogen (secondary N) is 1. The smallest absolute Gasteiger partial charge is 0.228 e. The molecule has 0 radical (unpaired) electrons. The lowest BCUT2D eigenvalue weighted by Gasteiger charge is -2.29. The highest BCUT2D eigenvalue weighted by molar-refractivity contribution is 9.10. The third kappa shape index (κ3) is 3.83. The van der Waals surface area contributed by atoms with Gasteiger partial charge in [0.15, 0.2) is 0 Å². The van der Waals surface area contributed by atoms with Crippen molar-refractivity contribution in [3.8, 4) is 0 Å². The van der Waals surface area contributed by atoms with E-state index < -0.39 is 0 Å². The number of aromatic nitrogens is 4. The van der Waals surface area contributed by atoms with Gasteiger partial charge in [0.2, 0.25) is 11.9 Å². The van der Waals surface area contributed by atoms with Crippen molar-refractivity contribution in [2.24, 2.45) is 0 Å². The minimum absolute atomic E-state index is 0.0704. The molecule has 1 atom stereocenters. The zero-order valence-electron chi connectivity index (χ0n) is 18.6. The predicted octanol–water partition coefficient (Wildman–Crippen LogP) is 4.23. The summed E-state index contributed by atoms with van der Waals surface area (Å²) in [6.07, 6.45) is 3.31. The molecule has 168 valence electrons. The van der Waals surface area contributed by atoms with Gasteiger partial charge >= 0.3 is 0 Å². The lowest BCUT2D eigenvalue weighted by atomic mass is 10.1. The maximum Gasteiger partial charge on any atom is 0.228 e. The van der Waals surface area contributed by atoms with Crippen molar-refractivity contribution >= 4 is 55.2 Å². The van der Waals surface area contributed by atoms with Crippen molar-refractivity contribution in [2.75, 3.05) is 23.8 Å². The second-order valence-electron chi connectivity index (χ2n) is 8.88. The van der Waals surface area contributed by atoms with Gasteiger partial charge in [-0.15, -0.1) is 11.3 Å². The Labute approximate surface area is 199 Å². The number of anilines is 2. The van der Waals surface area contributed by atoms with Crippen LogP contribution in [0.5, 0.6) is 0 Å². The number of piperidine rings is 1. The van der Waals surface area contributed by atoms with E-state index in [4.69, 9.17) is 15.0 Å². The molecule has 0 spiro atoms. The molecule has 0 saturated carbocycles. The average molecular weight is 516 g/mol. The number of likely N-dealkylation sites (tertiary alicyclic amines) is 1. The molecule has 10 heteroatoms. The predicted molar refractivity (Wildman–Crippen MR) is 130 cm³/mol. The number of thiophene rings is 1. The molecule has 8 nitrogen and oxygen atoms in total. The van der Waals surface area contributed by atoms with Gasteiger partial charge in [-0.05, 0) is 29.3 Å². The zero-order chi connectivity index (χ0) is 22.6. The first-order valence-corrected chi connectivity index (χ1v) is 12.5. The van der Waals surface area contributed by atoms with Crippen LogP contribution in [0.15, 0.2) is 10.7 Å². The molecule has 0 aliphatic carbocycles. The van der Waals surface area contributed by atoms with Gasteiger partial charge in [-0.2, -0.15) is 4.98 Å². The van der Waals surface area contributed by atoms with Crippen LogP contribution in [0.2, 0.25) is 0 Å². The Morgan fingerprint density at radius 3 is 2.81 bits per heavy atom. The second-order valence-corrected chi connectivity index (χ2v) is 10.9. The molecule has 1 fully saturated rings. The molecule has 0 aromatic carbocycles. The first-order valence-electron chi connectivity index (χ1n) is 10.9. The molecule has 3 aromatic heterocycles. The van der Waals surface area contributed by atoms with Gasteiger partial charge in [0.05, 0.1) is 21.4 Å². The lowest BCUT2D eigenvalue weighted by molar-refractivity contribution is -0.132. The van der Waals surface area contributed by atoms with Gasteiger partial charge in [-0.1, -0.05) is 13.8 Å². The van der Waals surface area contributed by atoms with Gasteiger partial charge in [0, 0.05) is 55.2 Å². The quantitative estimate of drug-likeness (QED) is 0.556. The molecule has 2 aliphatic rings. The second kappa shape index (κ2) is 8.22. The maximum atomic E-state index is 12.2. The molecule has 0 bridgehead atoms. The highest BCUT2D eigenvalue weighted by Crippen LogP contribution is 2.39. The molecule has 1 amide bonds. The Hall–Kier alpha value is -2.33. The first-order chi connectivity index (χ1) is 15.3. The first kappa shape index (κ1) is 21.5. The van der Waals surface area contributed by atoms with Crippen molar-refractivity contribution in [3.63, 3.8) is 0 Å². The largest absolute Gasteiger partial charge is 0.365 e. The van der Waals surface area contributed by atoms with E-state index in [0.29, 0.717) is 31.4 Å². The highest BCUT2D eigenvalue weighted by Gasteiger charge is 2.28. The van der Waals surface area contributed by atoms with E-state index in [9.17, 15) is 4.79 Å². The van der Waals surface area contributed by atoms with Gasteiger partial charge in [-0.3, -0.25) is 4.79 Å². The lowest BCUT2D eigenvalue weighted by Crippen LogP contribution is -2.41. The van der Waals surface area contributed by atoms with Crippen LogP contribution in [-0.2, 0) is 17.9 Å². The summed E-state index contributed by atoms with van der Waals surface area (Å²) in [6, 6.07) is 0.0704. The summed E-state index contributed by atoms with van der Waals surface area (Å²) >= 11 is 5.38. The van der Waals surface area contributed by atoms with Crippen LogP contribution in [-0.4, -0.2) is 50.4 Å². The molecule has 5 heterocycles. The molecule has 1 N–H and O–H groups in total. The number of carbonyl (C=O) groups excluding carboxylic acids is 1. The van der Waals surface area contributed by atoms with E-state index in [1.165, 1.54) is 0 Å². The van der Waals surface area contributed by atoms with Crippen molar-refractivity contribution in [1.82, 2.24) is 24.8 Å². The number of hydrogen-bond donors (Lipinski definition) is 1. The molecule has 2 aliphatic heterocycles. The summed E-state index contributed by atoms with van der Waals surface area (Å²) in [5.74, 6) is 2.79. The summed E-state index contributed by atoms with van der Waals surface area (Å²) in [7, 11) is 1.86. The number of carbonyl (C=O) groups is 1. The van der Waals surface area contributed by atoms with E-state index in [-0.39, 0.29) is 11.9 Å². The minimum atomic E-state index is 0.0704. The number of nitrogens with zero attached hydrogens (tertiary/aromatic N) is 6. The van der Waals surface area contributed by atoms with E-state index in [2.05, 4.69) is 51.9 Å². The molecule has 1 saturated heterocycles. The summed E-state index contributed by atoms with van der Waals surface area (Å²) in [5, 5.41) is 3.56. The summed E-state index contributed by atoms with van der Waals surface area (Å²) in [6.45, 7) is 8.39. The van der Waals surface area contributed by atoms with Crippen LogP contribution in [0.3, 0.4) is 0 Å². The van der Waals surface area contributed by atoms with E-state index in [0.717, 1.165) is 55.4 Å². The van der Waals surface area contributed by atoms with Crippen LogP contribution in [0.25, 0.3) is 10.2 Å². The Morgan fingerprint density at radius 2 is 2.06 bits per heavy atom. The Balaban J connectivity index is 1.49. The number of amides is 1. The van der Waals surface area contributed by atoms with E-state index >= 15 is 0 Å². The van der Waals surface area contributed by atoms with Crippen LogP contribution in [0, 0.1) is 6.92 Å². The summed E-state index contributed by atoms with van der Waals surface area (Å²) in [4.78, 5) is 36.5. The van der Waals surface area contributed by atoms with Gasteiger partial charge in [0.1, 0.15) is 17.2 Å². The fourth-order valence-corrected chi connectivity index (χ4v) is 5.73. The minimum Gasteiger partial charge on any atom is -0.365 e. The number of rotatable bonds is 4. The van der Waals surface area contributed by atoms with E-state index in [1.807, 2.05) is 13.2 Å². The van der Waals surface area contributed by atoms with Crippen molar-refractivity contribution in [3.05, 3.63) is 32.6 Å². The number of aryl methyl sites for hydroxylation is 1. The van der Waals surface area contributed by atoms with Crippen LogP contribution in [0.1, 0.15) is 54.6 Å². The van der Waals surface area contributed by atoms with Gasteiger partial charge in [-0.25, -0.2) is 15.0 Å². The van der Waals surface area contributed by atoms with Crippen molar-refractivity contribution < 1.29 is 4.79 Å². The van der Waals surface area contributed by atoms with E-state index in [1.54, 1.807) is 16.2 Å². The summed E-state index contributed by atoms with van der Waals surface area (Å²) in [5.41, 5.74) is 3.07. The molecule has 1 unspecified atom stereocenters. The maximum absolute atomic E-state index is 12.2. The Kier molecular flexibility index (Phi) is 5.53. The van der Waals surface area contributed by atoms with Gasteiger partial charge in [0.25, 0.3) is 0 Å². The molecule has 3 aromatic rings. The van der Waals surface area contributed by atoms with Gasteiger partial charge < -0.3 is 15.1 Å². The Morgan fingerprint density at radius 1 is 1.25 bits per heavy atom. The number of hydrogen-bond acceptors (Lipinski definition) is 8. The fourth-order valence-electron chi connectivity index (χ4n) is 4.14. The summed E-state index contributed by atoms with van der Waals surface area (Å²) < 4.78 is 2.02. The van der Waals surface area contributed by atoms with Crippen molar-refractivity contribution in [1.29, 1.82) is 0 Å². The monoisotopic (exact) mass is 515 g/mol. The van der Waals surface area contributed by atoms with Crippen molar-refractivity contribution in [2.45, 2.75) is 58.7 Å². The SMILES string of the molecule is Cc1sc2c(NC3CCN(C)C(=O)C3)nc(N3Cc4cnc(C(C)C)nc4C3)nc2c1Br. The third-order valence-electron chi connectivity index (χ3n) is 6.10. The third-order valence-corrected chi connectivity index (χ3v) is 8.43. The molecule has 5 rings (SSSR count). The molecule has 32 heavy (non-hydrogen) atoms. The molecular formula is C22H26BrN7OS. The number of fused-ring (bicyclic) bond motifs is 2. The van der Waals surface area contributed by atoms with Crippen LogP contribution >= 0.6 is 27.3 Å². The average Bonchev–Trinajstić information content (AvgIpc) is 3.31. The zero-order valence-corrected chi connectivity index (χ0v) is 21.0. The van der Waals surface area contributed by atoms with Crippen LogP contribution in [0.4, 0.5) is 11.8 Å².